The number of amides is 3. The summed E-state index contributed by atoms with van der Waals surface area (Å²) < 4.78 is 45.0. The molecule has 3 heterocycles. The summed E-state index contributed by atoms with van der Waals surface area (Å²) in [5.41, 5.74) is 1.04. The fourth-order valence-corrected chi connectivity index (χ4v) is 5.83. The van der Waals surface area contributed by atoms with E-state index in [0.29, 0.717) is 11.4 Å². The van der Waals surface area contributed by atoms with Crippen molar-refractivity contribution < 1.29 is 32.3 Å². The van der Waals surface area contributed by atoms with Gasteiger partial charge in [0.1, 0.15) is 11.8 Å². The summed E-state index contributed by atoms with van der Waals surface area (Å²) in [4.78, 5) is 44.2. The van der Waals surface area contributed by atoms with E-state index in [0.717, 1.165) is 28.2 Å². The van der Waals surface area contributed by atoms with Crippen LogP contribution in [0, 0.1) is 11.8 Å². The predicted octanol–water partition coefficient (Wildman–Crippen LogP) is 4.87. The Bertz CT molecular complexity index is 1520. The molecule has 3 aliphatic heterocycles. The van der Waals surface area contributed by atoms with Crippen LogP contribution >= 0.6 is 0 Å². The lowest BCUT2D eigenvalue weighted by Gasteiger charge is -2.35. The summed E-state index contributed by atoms with van der Waals surface area (Å²) in [6.45, 7) is 0. The molecule has 0 radical (unpaired) electrons. The van der Waals surface area contributed by atoms with Gasteiger partial charge in [0.25, 0.3) is 0 Å². The zero-order chi connectivity index (χ0) is 27.5. The second-order valence-electron chi connectivity index (χ2n) is 9.61. The van der Waals surface area contributed by atoms with Gasteiger partial charge in [-0.05, 0) is 59.7 Å². The molecule has 3 amide bonds. The number of halogens is 3. The number of rotatable bonds is 4. The standard InChI is InChI=1S/C29H22F3N3O4/c1-39-20-11-9-19(10-12-20)35-27(37)22-23(28(35)38)25(34-14-13-16-5-2-3-8-21(16)24(22)34)26(36)33-18-7-4-6-17(15-18)29(30,31)32/h2-15,22-25H,1H3,(H,33,36)/t22-,23+,24-,25-/m0/s1. The molecular weight excluding hydrogens is 511 g/mol. The largest absolute Gasteiger partial charge is 0.497 e. The van der Waals surface area contributed by atoms with E-state index in [4.69, 9.17) is 4.74 Å². The van der Waals surface area contributed by atoms with Crippen molar-refractivity contribution in [1.29, 1.82) is 0 Å². The Morgan fingerprint density at radius 1 is 0.923 bits per heavy atom. The van der Waals surface area contributed by atoms with E-state index in [2.05, 4.69) is 5.32 Å². The summed E-state index contributed by atoms with van der Waals surface area (Å²) in [7, 11) is 1.50. The minimum Gasteiger partial charge on any atom is -0.497 e. The van der Waals surface area contributed by atoms with Crippen molar-refractivity contribution in [3.8, 4) is 5.75 Å². The third-order valence-electron chi connectivity index (χ3n) is 7.52. The molecule has 0 spiro atoms. The molecule has 39 heavy (non-hydrogen) atoms. The number of alkyl halides is 3. The molecule has 198 valence electrons. The molecule has 10 heteroatoms. The fraction of sp³-hybridized carbons (Fsp3) is 0.207. The van der Waals surface area contributed by atoms with Crippen LogP contribution < -0.4 is 15.0 Å². The maximum Gasteiger partial charge on any atom is 0.416 e. The minimum atomic E-state index is -4.59. The SMILES string of the molecule is COc1ccc(N2C(=O)[C@@H]3[C@H](C2=O)[C@@H]2c4ccccc4C=CN2[C@@H]3C(=O)Nc2cccc(C(F)(F)F)c2)cc1. The molecule has 6 rings (SSSR count). The van der Waals surface area contributed by atoms with Gasteiger partial charge < -0.3 is 15.0 Å². The highest BCUT2D eigenvalue weighted by Crippen LogP contribution is 2.53. The van der Waals surface area contributed by atoms with Gasteiger partial charge in [0.15, 0.2) is 0 Å². The number of fused-ring (bicyclic) bond motifs is 5. The molecule has 3 aliphatic rings. The maximum absolute atomic E-state index is 13.9. The molecule has 0 unspecified atom stereocenters. The van der Waals surface area contributed by atoms with Crippen LogP contribution in [0.1, 0.15) is 22.7 Å². The first-order valence-corrected chi connectivity index (χ1v) is 12.2. The number of imide groups is 1. The van der Waals surface area contributed by atoms with E-state index in [1.165, 1.54) is 19.2 Å². The van der Waals surface area contributed by atoms with Crippen molar-refractivity contribution in [2.45, 2.75) is 18.3 Å². The molecule has 7 nitrogen and oxygen atoms in total. The van der Waals surface area contributed by atoms with Crippen LogP contribution in [0.2, 0.25) is 0 Å². The molecule has 0 saturated carbocycles. The third-order valence-corrected chi connectivity index (χ3v) is 7.52. The van der Waals surface area contributed by atoms with Crippen molar-refractivity contribution in [3.63, 3.8) is 0 Å². The summed E-state index contributed by atoms with van der Waals surface area (Å²) in [5, 5.41) is 2.56. The third kappa shape index (κ3) is 3.94. The first-order valence-electron chi connectivity index (χ1n) is 12.2. The van der Waals surface area contributed by atoms with E-state index < -0.39 is 53.4 Å². The topological polar surface area (TPSA) is 79.0 Å². The Kier molecular flexibility index (Phi) is 5.71. The smallest absolute Gasteiger partial charge is 0.416 e. The van der Waals surface area contributed by atoms with Gasteiger partial charge in [0.05, 0.1) is 36.2 Å². The Hall–Kier alpha value is -4.60. The van der Waals surface area contributed by atoms with Crippen molar-refractivity contribution in [1.82, 2.24) is 4.90 Å². The van der Waals surface area contributed by atoms with Crippen molar-refractivity contribution in [3.05, 3.63) is 95.7 Å². The Morgan fingerprint density at radius 3 is 2.36 bits per heavy atom. The highest BCUT2D eigenvalue weighted by atomic mass is 19.4. The van der Waals surface area contributed by atoms with E-state index in [9.17, 15) is 27.6 Å². The molecule has 2 fully saturated rings. The van der Waals surface area contributed by atoms with Gasteiger partial charge in [0.2, 0.25) is 17.7 Å². The van der Waals surface area contributed by atoms with Gasteiger partial charge in [0, 0.05) is 11.9 Å². The number of hydrogen-bond acceptors (Lipinski definition) is 5. The normalized spacial score (nSPS) is 23.4. The number of methoxy groups -OCH3 is 1. The number of anilines is 2. The van der Waals surface area contributed by atoms with Gasteiger partial charge in [-0.25, -0.2) is 4.90 Å². The highest BCUT2D eigenvalue weighted by Gasteiger charge is 2.64. The number of carbonyl (C=O) groups excluding carboxylic acids is 3. The second kappa shape index (κ2) is 9.00. The zero-order valence-corrected chi connectivity index (χ0v) is 20.6. The minimum absolute atomic E-state index is 0.0556. The lowest BCUT2D eigenvalue weighted by atomic mass is 9.84. The Labute approximate surface area is 221 Å². The van der Waals surface area contributed by atoms with Crippen molar-refractivity contribution in [2.75, 3.05) is 17.3 Å². The maximum atomic E-state index is 13.9. The van der Waals surface area contributed by atoms with Crippen LogP contribution in [0.25, 0.3) is 6.08 Å². The molecule has 1 N–H and O–H groups in total. The fourth-order valence-electron chi connectivity index (χ4n) is 5.83. The lowest BCUT2D eigenvalue weighted by Crippen LogP contribution is -2.46. The number of nitrogens with one attached hydrogen (secondary N) is 1. The molecule has 0 aromatic heterocycles. The van der Waals surface area contributed by atoms with Crippen LogP contribution in [-0.4, -0.2) is 35.8 Å². The first-order chi connectivity index (χ1) is 18.7. The average Bonchev–Trinajstić information content (AvgIpc) is 3.41. The van der Waals surface area contributed by atoms with Crippen LogP contribution in [0.5, 0.6) is 5.75 Å². The molecule has 0 aliphatic carbocycles. The molecule has 2 saturated heterocycles. The number of carbonyl (C=O) groups is 3. The lowest BCUT2D eigenvalue weighted by molar-refractivity contribution is -0.137. The van der Waals surface area contributed by atoms with Crippen molar-refractivity contribution in [2.24, 2.45) is 11.8 Å². The summed E-state index contributed by atoms with van der Waals surface area (Å²) in [5.74, 6) is -3.03. The van der Waals surface area contributed by atoms with E-state index in [1.807, 2.05) is 24.3 Å². The molecule has 3 aromatic carbocycles. The van der Waals surface area contributed by atoms with Crippen LogP contribution in [0.4, 0.5) is 24.5 Å². The summed E-state index contributed by atoms with van der Waals surface area (Å²) in [6, 6.07) is 16.5. The van der Waals surface area contributed by atoms with Crippen LogP contribution in [-0.2, 0) is 20.6 Å². The van der Waals surface area contributed by atoms with E-state index >= 15 is 0 Å². The number of hydrogen-bond donors (Lipinski definition) is 1. The highest BCUT2D eigenvalue weighted by molar-refractivity contribution is 6.24. The summed E-state index contributed by atoms with van der Waals surface area (Å²) >= 11 is 0. The Morgan fingerprint density at radius 2 is 1.64 bits per heavy atom. The van der Waals surface area contributed by atoms with Gasteiger partial charge in [-0.3, -0.25) is 14.4 Å². The number of benzene rings is 3. The quantitative estimate of drug-likeness (QED) is 0.485. The van der Waals surface area contributed by atoms with E-state index in [1.54, 1.807) is 41.4 Å². The van der Waals surface area contributed by atoms with Gasteiger partial charge >= 0.3 is 6.18 Å². The molecular formula is C29H22F3N3O4. The first kappa shape index (κ1) is 24.7. The number of ether oxygens (including phenoxy) is 1. The monoisotopic (exact) mass is 533 g/mol. The van der Waals surface area contributed by atoms with Gasteiger partial charge in [-0.1, -0.05) is 30.3 Å². The Balaban J connectivity index is 1.40. The van der Waals surface area contributed by atoms with E-state index in [-0.39, 0.29) is 5.69 Å². The van der Waals surface area contributed by atoms with Crippen molar-refractivity contribution >= 4 is 35.2 Å². The molecule has 0 bridgehead atoms. The van der Waals surface area contributed by atoms with Crippen LogP contribution in [0.15, 0.2) is 79.0 Å². The van der Waals surface area contributed by atoms with Gasteiger partial charge in [-0.2, -0.15) is 13.2 Å². The van der Waals surface area contributed by atoms with Crippen LogP contribution in [0.3, 0.4) is 0 Å². The zero-order valence-electron chi connectivity index (χ0n) is 20.6. The number of nitrogens with zero attached hydrogens (tertiary/aromatic N) is 2. The average molecular weight is 534 g/mol. The molecule has 3 aromatic rings. The van der Waals surface area contributed by atoms with Gasteiger partial charge in [-0.15, -0.1) is 0 Å². The summed E-state index contributed by atoms with van der Waals surface area (Å²) in [6.07, 6.45) is -1.11. The molecule has 4 atom stereocenters. The second-order valence-corrected chi connectivity index (χ2v) is 9.61. The predicted molar refractivity (Wildman–Crippen MR) is 136 cm³/mol.